The number of aliphatic hydroxyl groups is 2. The third kappa shape index (κ3) is 7.19. The summed E-state index contributed by atoms with van der Waals surface area (Å²) in [6.45, 7) is 14.9. The van der Waals surface area contributed by atoms with E-state index in [1.54, 1.807) is 58.9 Å². The van der Waals surface area contributed by atoms with E-state index in [-0.39, 0.29) is 62.6 Å². The van der Waals surface area contributed by atoms with Crippen LogP contribution in [0.3, 0.4) is 0 Å². The van der Waals surface area contributed by atoms with Gasteiger partial charge in [0.25, 0.3) is 11.7 Å². The van der Waals surface area contributed by atoms with Gasteiger partial charge in [-0.15, -0.1) is 0 Å². The fourth-order valence-corrected chi connectivity index (χ4v) is 10.1. The zero-order chi connectivity index (χ0) is 44.6. The van der Waals surface area contributed by atoms with Crippen LogP contribution in [-0.4, -0.2) is 137 Å². The molecule has 5 aliphatic heterocycles. The highest BCUT2D eigenvalue weighted by atomic mass is 16.7. The number of carbonyl (C=O) groups excluding carboxylic acids is 4. The van der Waals surface area contributed by atoms with E-state index in [1.807, 2.05) is 14.1 Å². The van der Waals surface area contributed by atoms with Crippen LogP contribution in [0.1, 0.15) is 80.3 Å². The summed E-state index contributed by atoms with van der Waals surface area (Å²) in [4.78, 5) is 65.8. The Morgan fingerprint density at radius 3 is 2.31 bits per heavy atom. The highest BCUT2D eigenvalue weighted by Gasteiger charge is 2.62. The molecule has 0 aromatic heterocycles. The largest absolute Gasteiger partial charge is 0.507 e. The smallest absolute Gasteiger partial charge is 0.312 e. The average Bonchev–Trinajstić information content (AvgIpc) is 3.76. The molecule has 2 saturated heterocycles. The van der Waals surface area contributed by atoms with Crippen molar-refractivity contribution >= 4 is 29.2 Å². The van der Waals surface area contributed by atoms with E-state index in [0.29, 0.717) is 19.6 Å². The second-order valence-electron chi connectivity index (χ2n) is 18.0. The molecule has 1 aromatic carbocycles. The summed E-state index contributed by atoms with van der Waals surface area (Å²) in [5, 5.41) is 41.3. The van der Waals surface area contributed by atoms with E-state index in [0.717, 1.165) is 0 Å². The van der Waals surface area contributed by atoms with E-state index >= 15 is 0 Å². The third-order valence-electron chi connectivity index (χ3n) is 13.8. The Morgan fingerprint density at radius 1 is 0.951 bits per heavy atom. The van der Waals surface area contributed by atoms with Crippen molar-refractivity contribution in [1.82, 2.24) is 20.4 Å². The maximum atomic E-state index is 14.8. The molecule has 1 aliphatic carbocycles. The molecular weight excluding hydrogens is 787 g/mol. The number of esters is 1. The molecule has 7 bridgehead atoms. The first kappa shape index (κ1) is 44.2. The highest BCUT2D eigenvalue weighted by Crippen LogP contribution is 2.52. The minimum absolute atomic E-state index is 0.0131. The second kappa shape index (κ2) is 16.1. The molecule has 2 unspecified atom stereocenters. The molecule has 5 heterocycles. The minimum atomic E-state index is -1.98. The number of piperidine rings is 1. The molecule has 1 amide bonds. The number of phenols is 1. The molecular formula is C45H59N5O11. The van der Waals surface area contributed by atoms with Crippen molar-refractivity contribution in [2.45, 2.75) is 97.3 Å². The van der Waals surface area contributed by atoms with Crippen molar-refractivity contribution < 1.29 is 53.4 Å². The number of phenolic OH excluding ortho intramolecular Hbond substituents is 1. The van der Waals surface area contributed by atoms with Gasteiger partial charge in [-0.2, -0.15) is 0 Å². The number of carbonyl (C=O) groups is 4. The van der Waals surface area contributed by atoms with Crippen molar-refractivity contribution in [3.63, 3.8) is 0 Å². The molecule has 61 heavy (non-hydrogen) atoms. The number of nitrogens with zero attached hydrogens (tertiary/aromatic N) is 3. The molecule has 5 N–H and O–H groups in total. The van der Waals surface area contributed by atoms with Crippen LogP contribution in [0.2, 0.25) is 0 Å². The molecule has 0 saturated carbocycles. The first-order chi connectivity index (χ1) is 28.7. The Morgan fingerprint density at radius 2 is 1.66 bits per heavy atom. The van der Waals surface area contributed by atoms with Gasteiger partial charge in [-0.3, -0.25) is 29.1 Å². The van der Waals surface area contributed by atoms with Gasteiger partial charge in [-0.25, -0.2) is 0 Å². The maximum Gasteiger partial charge on any atom is 0.312 e. The molecule has 16 heteroatoms. The molecule has 1 spiro atoms. The van der Waals surface area contributed by atoms with Crippen LogP contribution in [-0.2, 0) is 23.8 Å². The normalized spacial score (nSPS) is 38.8. The predicted molar refractivity (Wildman–Crippen MR) is 224 cm³/mol. The van der Waals surface area contributed by atoms with Crippen molar-refractivity contribution in [1.29, 1.82) is 0 Å². The van der Waals surface area contributed by atoms with Gasteiger partial charge >= 0.3 is 11.8 Å². The lowest BCUT2D eigenvalue weighted by molar-refractivity contribution is -0.160. The van der Waals surface area contributed by atoms with Crippen LogP contribution in [0, 0.1) is 36.5 Å². The molecule has 7 rings (SSSR count). The quantitative estimate of drug-likeness (QED) is 0.272. The number of methoxy groups -OCH3 is 1. The number of ketones is 2. The SMILES string of the molecule is CO[C@H]1/C=C/O[C@@]2(C)Oc3c(C)c(O)c4c(c3C2=O)C2=N[C@@]3(NC2=C(NC(=O)/C(C)=C\C=C\[C@H](C)[C@H](O)[C@@H](C)[C@@H](O)[C@@H](C)[C@H](OC(C)=O)[C@@H]1C)C4=O)C1CN(C)CC3N(C)C1. The van der Waals surface area contributed by atoms with Gasteiger partial charge in [0.1, 0.15) is 23.3 Å². The van der Waals surface area contributed by atoms with Crippen molar-refractivity contribution in [2.24, 2.45) is 34.6 Å². The van der Waals surface area contributed by atoms with Crippen LogP contribution >= 0.6 is 0 Å². The van der Waals surface area contributed by atoms with Gasteiger partial charge in [0.15, 0.2) is 5.66 Å². The van der Waals surface area contributed by atoms with E-state index in [9.17, 15) is 34.5 Å². The fraction of sp³-hybridized carbons (Fsp3) is 0.578. The Bertz CT molecular complexity index is 2190. The van der Waals surface area contributed by atoms with Gasteiger partial charge in [0.05, 0.1) is 53.2 Å². The van der Waals surface area contributed by atoms with Crippen molar-refractivity contribution in [3.05, 3.63) is 69.8 Å². The zero-order valence-corrected chi connectivity index (χ0v) is 36.7. The Balaban J connectivity index is 1.39. The predicted octanol–water partition coefficient (Wildman–Crippen LogP) is 2.74. The number of amides is 1. The summed E-state index contributed by atoms with van der Waals surface area (Å²) < 4.78 is 24.0. The van der Waals surface area contributed by atoms with Gasteiger partial charge in [0, 0.05) is 86.9 Å². The molecule has 6 aliphatic rings. The molecule has 2 fully saturated rings. The Labute approximate surface area is 356 Å². The van der Waals surface area contributed by atoms with E-state index < -0.39 is 88.7 Å². The maximum absolute atomic E-state index is 14.8. The number of rotatable bonds is 2. The van der Waals surface area contributed by atoms with E-state index in [4.69, 9.17) is 23.9 Å². The zero-order valence-electron chi connectivity index (χ0n) is 36.7. The lowest BCUT2D eigenvalue weighted by Gasteiger charge is -2.42. The summed E-state index contributed by atoms with van der Waals surface area (Å²) in [6, 6.07) is -0.140. The number of likely N-dealkylation sites (N-methyl/N-ethyl adjacent to an activating group) is 2. The number of Topliss-reactive ketones (excluding diaryl/α,β-unsaturated/α-hetero) is 2. The summed E-state index contributed by atoms with van der Waals surface area (Å²) in [6.07, 6.45) is 3.90. The van der Waals surface area contributed by atoms with E-state index in [1.165, 1.54) is 34.1 Å². The molecule has 16 nitrogen and oxygen atoms in total. The second-order valence-corrected chi connectivity index (χ2v) is 18.0. The number of likely N-dealkylation sites (tertiary alicyclic amines) is 2. The standard InChI is InChI=1S/C45H59N5O11/c1-20-13-12-14-21(2)43(57)46-35-34-33(47-45(48-34)27-17-49(9)19-29(45)50(10)18-27)30-31(39(35)55)38(54)25(6)41-32(30)42(56)44(8,61-41)59-16-15-28(58-11)22(3)40(60-26(7)51)24(5)37(53)23(4)36(20)52/h12-16,20,22-24,27-29,36-37,40,48,52-54H,17-19H2,1-11H3,(H,46,57)/b13-12+,16-15+,21-14-/t20-,22+,23+,24+,27?,28-,29?,36-,37+,40+,44-,45+/m0/s1. The molecule has 12 atom stereocenters. The van der Waals surface area contributed by atoms with Crippen LogP contribution < -0.4 is 15.4 Å². The van der Waals surface area contributed by atoms with Crippen LogP contribution in [0.25, 0.3) is 0 Å². The monoisotopic (exact) mass is 845 g/mol. The number of hydrogen-bond donors (Lipinski definition) is 5. The lowest BCUT2D eigenvalue weighted by Crippen LogP contribution is -2.62. The highest BCUT2D eigenvalue weighted by molar-refractivity contribution is 6.34. The Hall–Kier alpha value is -4.87. The summed E-state index contributed by atoms with van der Waals surface area (Å²) in [5.41, 5.74) is -0.277. The van der Waals surface area contributed by atoms with Gasteiger partial charge in [0.2, 0.25) is 5.78 Å². The number of aromatic hydroxyl groups is 1. The number of allylic oxidation sites excluding steroid dienone is 4. The summed E-state index contributed by atoms with van der Waals surface area (Å²) in [7, 11) is 5.53. The van der Waals surface area contributed by atoms with Crippen molar-refractivity contribution in [2.75, 3.05) is 40.8 Å². The number of aliphatic imine (C=N–C) groups is 1. The third-order valence-corrected chi connectivity index (χ3v) is 13.8. The number of fused-ring (bicyclic) bond motifs is 3. The van der Waals surface area contributed by atoms with Gasteiger partial charge in [-0.05, 0) is 34.0 Å². The first-order valence-corrected chi connectivity index (χ1v) is 20.9. The molecule has 330 valence electrons. The van der Waals surface area contributed by atoms with Gasteiger partial charge in [-0.1, -0.05) is 45.9 Å². The minimum Gasteiger partial charge on any atom is -0.507 e. The first-order valence-electron chi connectivity index (χ1n) is 20.9. The Kier molecular flexibility index (Phi) is 11.7. The summed E-state index contributed by atoms with van der Waals surface area (Å²) >= 11 is 0. The molecule has 1 aromatic rings. The number of ether oxygens (including phenoxy) is 4. The van der Waals surface area contributed by atoms with Crippen LogP contribution in [0.15, 0.2) is 52.5 Å². The lowest BCUT2D eigenvalue weighted by atomic mass is 9.78. The number of hydrogen-bond acceptors (Lipinski definition) is 15. The van der Waals surface area contributed by atoms with E-state index in [2.05, 4.69) is 20.4 Å². The summed E-state index contributed by atoms with van der Waals surface area (Å²) in [5.74, 6) is -7.32. The average molecular weight is 846 g/mol. The number of benzene rings is 1. The van der Waals surface area contributed by atoms with Crippen LogP contribution in [0.5, 0.6) is 11.5 Å². The number of nitrogens with one attached hydrogen (secondary N) is 2. The fourth-order valence-electron chi connectivity index (χ4n) is 10.1. The van der Waals surface area contributed by atoms with Crippen LogP contribution in [0.4, 0.5) is 0 Å². The number of aliphatic hydroxyl groups excluding tert-OH is 2. The van der Waals surface area contributed by atoms with Gasteiger partial charge < -0.3 is 49.8 Å². The molecule has 0 radical (unpaired) electrons. The van der Waals surface area contributed by atoms with Crippen molar-refractivity contribution in [3.8, 4) is 11.5 Å². The topological polar surface area (TPSA) is 209 Å².